The zero-order valence-corrected chi connectivity index (χ0v) is 14.5. The fraction of sp³-hybridized carbons (Fsp3) is 0.500. The molecule has 0 aromatic heterocycles. The molecule has 1 unspecified atom stereocenters. The van der Waals surface area contributed by atoms with Gasteiger partial charge in [-0.25, -0.2) is 13.2 Å². The van der Waals surface area contributed by atoms with Crippen molar-refractivity contribution in [2.75, 3.05) is 12.3 Å². The van der Waals surface area contributed by atoms with Gasteiger partial charge in [0.05, 0.1) is 11.3 Å². The molecule has 1 aliphatic heterocycles. The standard InChI is InChI=1S/C16H22N2O5S/c1-11(2)14(18-8-3-9-24(18,22)23)15(19)17-10-12-4-6-13(7-5-12)16(20)21/h4-7,11,14H,3,8-10H2,1-2H3,(H,17,19)(H,20,21). The van der Waals surface area contributed by atoms with Gasteiger partial charge in [0.2, 0.25) is 15.9 Å². The average Bonchev–Trinajstić information content (AvgIpc) is 2.85. The van der Waals surface area contributed by atoms with Crippen LogP contribution in [0.15, 0.2) is 24.3 Å². The lowest BCUT2D eigenvalue weighted by molar-refractivity contribution is -0.126. The summed E-state index contributed by atoms with van der Waals surface area (Å²) in [5.41, 5.74) is 0.924. The van der Waals surface area contributed by atoms with E-state index in [1.54, 1.807) is 12.1 Å². The molecule has 7 nitrogen and oxygen atoms in total. The Labute approximate surface area is 141 Å². The van der Waals surface area contributed by atoms with E-state index >= 15 is 0 Å². The van der Waals surface area contributed by atoms with Crippen molar-refractivity contribution in [3.05, 3.63) is 35.4 Å². The third kappa shape index (κ3) is 4.12. The topological polar surface area (TPSA) is 104 Å². The predicted molar refractivity (Wildman–Crippen MR) is 89.0 cm³/mol. The molecule has 0 radical (unpaired) electrons. The van der Waals surface area contributed by atoms with Gasteiger partial charge < -0.3 is 10.4 Å². The fourth-order valence-electron chi connectivity index (χ4n) is 2.80. The minimum absolute atomic E-state index is 0.0835. The van der Waals surface area contributed by atoms with Crippen LogP contribution in [-0.4, -0.2) is 48.0 Å². The minimum Gasteiger partial charge on any atom is -0.478 e. The fourth-order valence-corrected chi connectivity index (χ4v) is 4.62. The molecule has 1 aliphatic rings. The summed E-state index contributed by atoms with van der Waals surface area (Å²) in [5.74, 6) is -1.41. The Morgan fingerprint density at radius 3 is 2.33 bits per heavy atom. The summed E-state index contributed by atoms with van der Waals surface area (Å²) in [6.45, 7) is 4.22. The van der Waals surface area contributed by atoms with Crippen LogP contribution in [0, 0.1) is 5.92 Å². The first-order chi connectivity index (χ1) is 11.2. The smallest absolute Gasteiger partial charge is 0.335 e. The van der Waals surface area contributed by atoms with Crippen LogP contribution in [0.25, 0.3) is 0 Å². The molecule has 132 valence electrons. The summed E-state index contributed by atoms with van der Waals surface area (Å²) in [6.07, 6.45) is 0.537. The summed E-state index contributed by atoms with van der Waals surface area (Å²) >= 11 is 0. The largest absolute Gasteiger partial charge is 0.478 e. The SMILES string of the molecule is CC(C)C(C(=O)NCc1ccc(C(=O)O)cc1)N1CCCS1(=O)=O. The van der Waals surface area contributed by atoms with Gasteiger partial charge in [0.1, 0.15) is 6.04 Å². The van der Waals surface area contributed by atoms with Gasteiger partial charge in [-0.05, 0) is 30.0 Å². The predicted octanol–water partition coefficient (Wildman–Crippen LogP) is 1.06. The summed E-state index contributed by atoms with van der Waals surface area (Å²) < 4.78 is 25.4. The van der Waals surface area contributed by atoms with Crippen LogP contribution in [-0.2, 0) is 21.4 Å². The Bertz CT molecular complexity index is 712. The van der Waals surface area contributed by atoms with Gasteiger partial charge in [0, 0.05) is 13.1 Å². The van der Waals surface area contributed by atoms with Gasteiger partial charge in [-0.2, -0.15) is 4.31 Å². The lowest BCUT2D eigenvalue weighted by atomic mass is 10.0. The van der Waals surface area contributed by atoms with E-state index in [4.69, 9.17) is 5.11 Å². The molecule has 1 aromatic carbocycles. The zero-order valence-electron chi connectivity index (χ0n) is 13.7. The van der Waals surface area contributed by atoms with E-state index in [-0.39, 0.29) is 29.7 Å². The first-order valence-corrected chi connectivity index (χ1v) is 9.43. The molecule has 0 spiro atoms. The highest BCUT2D eigenvalue weighted by molar-refractivity contribution is 7.89. The number of hydrogen-bond acceptors (Lipinski definition) is 4. The highest BCUT2D eigenvalue weighted by Gasteiger charge is 2.39. The van der Waals surface area contributed by atoms with Gasteiger partial charge >= 0.3 is 5.97 Å². The number of sulfonamides is 1. The summed E-state index contributed by atoms with van der Waals surface area (Å²) in [4.78, 5) is 23.3. The van der Waals surface area contributed by atoms with E-state index in [1.807, 2.05) is 13.8 Å². The second-order valence-corrected chi connectivity index (χ2v) is 8.23. The van der Waals surface area contributed by atoms with Crippen molar-refractivity contribution < 1.29 is 23.1 Å². The Morgan fingerprint density at radius 1 is 1.25 bits per heavy atom. The molecule has 0 bridgehead atoms. The number of amides is 1. The number of carbonyl (C=O) groups excluding carboxylic acids is 1. The maximum atomic E-state index is 12.5. The average molecular weight is 354 g/mol. The van der Waals surface area contributed by atoms with E-state index in [0.717, 1.165) is 5.56 Å². The number of nitrogens with one attached hydrogen (secondary N) is 1. The second kappa shape index (κ2) is 7.31. The molecule has 1 amide bonds. The van der Waals surface area contributed by atoms with E-state index in [1.165, 1.54) is 16.4 Å². The molecule has 0 saturated carbocycles. The first-order valence-electron chi connectivity index (χ1n) is 7.82. The van der Waals surface area contributed by atoms with Crippen LogP contribution < -0.4 is 5.32 Å². The van der Waals surface area contributed by atoms with Gasteiger partial charge in [0.15, 0.2) is 0 Å². The van der Waals surface area contributed by atoms with Crippen LogP contribution >= 0.6 is 0 Å². The summed E-state index contributed by atoms with van der Waals surface area (Å²) in [7, 11) is -3.37. The van der Waals surface area contributed by atoms with Crippen molar-refractivity contribution in [3.8, 4) is 0 Å². The minimum atomic E-state index is -3.37. The molecule has 1 saturated heterocycles. The zero-order chi connectivity index (χ0) is 17.9. The monoisotopic (exact) mass is 354 g/mol. The van der Waals surface area contributed by atoms with Crippen LogP contribution in [0.4, 0.5) is 0 Å². The molecule has 24 heavy (non-hydrogen) atoms. The highest BCUT2D eigenvalue weighted by atomic mass is 32.2. The number of benzene rings is 1. The lowest BCUT2D eigenvalue weighted by Gasteiger charge is -2.28. The van der Waals surface area contributed by atoms with Crippen molar-refractivity contribution in [1.82, 2.24) is 9.62 Å². The summed E-state index contributed by atoms with van der Waals surface area (Å²) in [6, 6.07) is 5.46. The molecule has 1 aromatic rings. The van der Waals surface area contributed by atoms with Crippen molar-refractivity contribution in [1.29, 1.82) is 0 Å². The number of carboxylic acid groups (broad SMARTS) is 1. The highest BCUT2D eigenvalue weighted by Crippen LogP contribution is 2.22. The Kier molecular flexibility index (Phi) is 5.61. The van der Waals surface area contributed by atoms with Crippen LogP contribution in [0.3, 0.4) is 0 Å². The number of hydrogen-bond donors (Lipinski definition) is 2. The van der Waals surface area contributed by atoms with E-state index in [9.17, 15) is 18.0 Å². The molecule has 1 fully saturated rings. The molecule has 1 heterocycles. The van der Waals surface area contributed by atoms with Crippen molar-refractivity contribution >= 4 is 21.9 Å². The Hall–Kier alpha value is -1.93. The summed E-state index contributed by atoms with van der Waals surface area (Å²) in [5, 5.41) is 11.6. The van der Waals surface area contributed by atoms with Gasteiger partial charge in [-0.3, -0.25) is 4.79 Å². The van der Waals surface area contributed by atoms with E-state index < -0.39 is 22.0 Å². The van der Waals surface area contributed by atoms with Crippen molar-refractivity contribution in [3.63, 3.8) is 0 Å². The van der Waals surface area contributed by atoms with Crippen LogP contribution in [0.1, 0.15) is 36.2 Å². The normalized spacial score (nSPS) is 18.5. The molecular formula is C16H22N2O5S. The molecule has 0 aliphatic carbocycles. The van der Waals surface area contributed by atoms with Gasteiger partial charge in [-0.15, -0.1) is 0 Å². The Morgan fingerprint density at radius 2 is 1.88 bits per heavy atom. The third-order valence-electron chi connectivity index (χ3n) is 4.02. The molecule has 1 atom stereocenters. The van der Waals surface area contributed by atoms with Crippen LogP contribution in [0.2, 0.25) is 0 Å². The molecule has 2 N–H and O–H groups in total. The van der Waals surface area contributed by atoms with Gasteiger partial charge in [-0.1, -0.05) is 26.0 Å². The third-order valence-corrected chi connectivity index (χ3v) is 5.94. The number of aromatic carboxylic acids is 1. The number of nitrogens with zero attached hydrogens (tertiary/aromatic N) is 1. The quantitative estimate of drug-likeness (QED) is 0.795. The second-order valence-electron chi connectivity index (χ2n) is 6.19. The van der Waals surface area contributed by atoms with Gasteiger partial charge in [0.25, 0.3) is 0 Å². The number of carbonyl (C=O) groups is 2. The first kappa shape index (κ1) is 18.4. The Balaban J connectivity index is 2.05. The number of carboxylic acids is 1. The number of rotatable bonds is 6. The lowest BCUT2D eigenvalue weighted by Crippen LogP contribution is -2.50. The molecule has 2 rings (SSSR count). The van der Waals surface area contributed by atoms with Crippen LogP contribution in [0.5, 0.6) is 0 Å². The maximum absolute atomic E-state index is 12.5. The molecular weight excluding hydrogens is 332 g/mol. The van der Waals surface area contributed by atoms with E-state index in [0.29, 0.717) is 13.0 Å². The van der Waals surface area contributed by atoms with Crippen molar-refractivity contribution in [2.24, 2.45) is 5.92 Å². The van der Waals surface area contributed by atoms with Crippen molar-refractivity contribution in [2.45, 2.75) is 32.9 Å². The molecule has 8 heteroatoms. The maximum Gasteiger partial charge on any atom is 0.335 e. The van der Waals surface area contributed by atoms with E-state index in [2.05, 4.69) is 5.32 Å².